The number of rotatable bonds is 3. The number of aldehydes is 1. The summed E-state index contributed by atoms with van der Waals surface area (Å²) in [6.45, 7) is 8.83. The average Bonchev–Trinajstić information content (AvgIpc) is 2.35. The number of likely N-dealkylation sites (N-methyl/N-ethyl adjacent to an activating group) is 1. The molecule has 0 spiro atoms. The molecular formula is C15H22N2O3. The monoisotopic (exact) mass is 278 g/mol. The summed E-state index contributed by atoms with van der Waals surface area (Å²) >= 11 is 0. The smallest absolute Gasteiger partial charge is 0.411 e. The van der Waals surface area contributed by atoms with Crippen molar-refractivity contribution < 1.29 is 14.3 Å². The van der Waals surface area contributed by atoms with E-state index in [1.165, 1.54) is 4.90 Å². The highest BCUT2D eigenvalue weighted by atomic mass is 16.6. The fourth-order valence-electron chi connectivity index (χ4n) is 1.86. The van der Waals surface area contributed by atoms with Crippen molar-refractivity contribution in [2.45, 2.75) is 45.8 Å². The Bertz CT molecular complexity index is 508. The van der Waals surface area contributed by atoms with Gasteiger partial charge in [0.15, 0.2) is 0 Å². The summed E-state index contributed by atoms with van der Waals surface area (Å²) in [6, 6.07) is 3.53. The number of aryl methyl sites for hydroxylation is 1. The Labute approximate surface area is 119 Å². The van der Waals surface area contributed by atoms with E-state index in [0.717, 1.165) is 6.29 Å². The van der Waals surface area contributed by atoms with Crippen molar-refractivity contribution in [3.05, 3.63) is 29.6 Å². The third-order valence-electron chi connectivity index (χ3n) is 3.15. The largest absolute Gasteiger partial charge is 0.444 e. The maximum Gasteiger partial charge on any atom is 0.411 e. The zero-order valence-electron chi connectivity index (χ0n) is 12.9. The third-order valence-corrected chi connectivity index (χ3v) is 3.15. The van der Waals surface area contributed by atoms with Crippen LogP contribution in [0.4, 0.5) is 4.79 Å². The second-order valence-electron chi connectivity index (χ2n) is 5.94. The minimum absolute atomic E-state index is 0.546. The summed E-state index contributed by atoms with van der Waals surface area (Å²) in [5, 5.41) is 0. The van der Waals surface area contributed by atoms with Crippen LogP contribution < -0.4 is 0 Å². The highest BCUT2D eigenvalue weighted by molar-refractivity contribution is 5.78. The van der Waals surface area contributed by atoms with Crippen molar-refractivity contribution in [1.29, 1.82) is 0 Å². The molecule has 0 saturated carbocycles. The second kappa shape index (κ2) is 5.61. The van der Waals surface area contributed by atoms with E-state index >= 15 is 0 Å². The summed E-state index contributed by atoms with van der Waals surface area (Å²) in [7, 11) is 1.55. The predicted molar refractivity (Wildman–Crippen MR) is 76.4 cm³/mol. The van der Waals surface area contributed by atoms with Crippen LogP contribution >= 0.6 is 0 Å². The van der Waals surface area contributed by atoms with Gasteiger partial charge in [-0.15, -0.1) is 0 Å². The highest BCUT2D eigenvalue weighted by Crippen LogP contribution is 2.28. The van der Waals surface area contributed by atoms with E-state index < -0.39 is 17.2 Å². The molecule has 1 unspecified atom stereocenters. The molecule has 20 heavy (non-hydrogen) atoms. The molecule has 0 N–H and O–H groups in total. The molecule has 0 aliphatic rings. The van der Waals surface area contributed by atoms with Gasteiger partial charge in [-0.05, 0) is 40.7 Å². The van der Waals surface area contributed by atoms with E-state index in [1.807, 2.05) is 0 Å². The van der Waals surface area contributed by atoms with Gasteiger partial charge in [-0.2, -0.15) is 0 Å². The van der Waals surface area contributed by atoms with Crippen molar-refractivity contribution in [1.82, 2.24) is 9.88 Å². The van der Waals surface area contributed by atoms with Gasteiger partial charge in [0.05, 0.1) is 0 Å². The summed E-state index contributed by atoms with van der Waals surface area (Å²) in [5.74, 6) is 0. The van der Waals surface area contributed by atoms with E-state index in [0.29, 0.717) is 11.3 Å². The summed E-state index contributed by atoms with van der Waals surface area (Å²) in [5.41, 5.74) is -0.333. The fraction of sp³-hybridized carbons (Fsp3) is 0.533. The van der Waals surface area contributed by atoms with Gasteiger partial charge < -0.3 is 9.53 Å². The molecule has 0 saturated heterocycles. The van der Waals surface area contributed by atoms with Crippen LogP contribution in [-0.2, 0) is 15.1 Å². The molecule has 0 aliphatic carbocycles. The molecule has 1 aromatic heterocycles. The van der Waals surface area contributed by atoms with Crippen LogP contribution in [0.1, 0.15) is 39.0 Å². The first-order chi connectivity index (χ1) is 9.12. The maximum absolute atomic E-state index is 12.2. The maximum atomic E-state index is 12.2. The van der Waals surface area contributed by atoms with Gasteiger partial charge in [0.1, 0.15) is 17.4 Å². The van der Waals surface area contributed by atoms with E-state index in [9.17, 15) is 9.59 Å². The van der Waals surface area contributed by atoms with Gasteiger partial charge in [0.2, 0.25) is 0 Å². The summed E-state index contributed by atoms with van der Waals surface area (Å²) < 4.78 is 5.32. The molecule has 0 aromatic carbocycles. The number of hydrogen-bond donors (Lipinski definition) is 0. The van der Waals surface area contributed by atoms with Gasteiger partial charge in [-0.25, -0.2) is 4.79 Å². The molecule has 5 nitrogen and oxygen atoms in total. The van der Waals surface area contributed by atoms with E-state index in [-0.39, 0.29) is 0 Å². The first-order valence-electron chi connectivity index (χ1n) is 6.47. The number of hydrogen-bond acceptors (Lipinski definition) is 4. The topological polar surface area (TPSA) is 59.5 Å². The van der Waals surface area contributed by atoms with Gasteiger partial charge in [0, 0.05) is 24.5 Å². The number of nitrogens with zero attached hydrogens (tertiary/aromatic N) is 2. The van der Waals surface area contributed by atoms with E-state index in [4.69, 9.17) is 4.74 Å². The standard InChI is InChI=1S/C15H22N2O3/c1-11-12(8-7-9-16-11)15(5,10-18)17(6)13(19)20-14(2,3)4/h7-10H,1-6H3. The molecule has 0 aliphatic heterocycles. The lowest BCUT2D eigenvalue weighted by molar-refractivity contribution is -0.117. The second-order valence-corrected chi connectivity index (χ2v) is 5.94. The summed E-state index contributed by atoms with van der Waals surface area (Å²) in [6.07, 6.45) is 1.84. The fourth-order valence-corrected chi connectivity index (χ4v) is 1.86. The number of amides is 1. The molecular weight excluding hydrogens is 256 g/mol. The Kier molecular flexibility index (Phi) is 4.53. The van der Waals surface area contributed by atoms with Crippen LogP contribution in [0.2, 0.25) is 0 Å². The molecule has 1 heterocycles. The Morgan fingerprint density at radius 1 is 1.35 bits per heavy atom. The predicted octanol–water partition coefficient (Wildman–Crippen LogP) is 2.67. The zero-order chi connectivity index (χ0) is 15.6. The van der Waals surface area contributed by atoms with Crippen molar-refractivity contribution >= 4 is 12.4 Å². The van der Waals surface area contributed by atoms with Crippen LogP contribution in [0.15, 0.2) is 18.3 Å². The van der Waals surface area contributed by atoms with Crippen LogP contribution in [-0.4, -0.2) is 34.9 Å². The molecule has 1 atom stereocenters. The minimum Gasteiger partial charge on any atom is -0.444 e. The lowest BCUT2D eigenvalue weighted by atomic mass is 9.91. The number of carbonyl (C=O) groups excluding carboxylic acids is 2. The van der Waals surface area contributed by atoms with Gasteiger partial charge in [-0.3, -0.25) is 9.88 Å². The summed E-state index contributed by atoms with van der Waals surface area (Å²) in [4.78, 5) is 29.3. The minimum atomic E-state index is -1.11. The van der Waals surface area contributed by atoms with Gasteiger partial charge >= 0.3 is 6.09 Å². The molecule has 5 heteroatoms. The molecule has 0 bridgehead atoms. The molecule has 0 fully saturated rings. The van der Waals surface area contributed by atoms with Crippen LogP contribution in [0.3, 0.4) is 0 Å². The Morgan fingerprint density at radius 2 is 1.95 bits per heavy atom. The third kappa shape index (κ3) is 3.35. The molecule has 1 rings (SSSR count). The van der Waals surface area contributed by atoms with Crippen molar-refractivity contribution in [3.63, 3.8) is 0 Å². The normalized spacial score (nSPS) is 14.3. The van der Waals surface area contributed by atoms with Gasteiger partial charge in [-0.1, -0.05) is 6.07 Å². The zero-order valence-corrected chi connectivity index (χ0v) is 12.9. The highest BCUT2D eigenvalue weighted by Gasteiger charge is 2.38. The van der Waals surface area contributed by atoms with Crippen molar-refractivity contribution in [2.75, 3.05) is 7.05 Å². The SMILES string of the molecule is Cc1ncccc1C(C)(C=O)N(C)C(=O)OC(C)(C)C. The molecule has 1 amide bonds. The lowest BCUT2D eigenvalue weighted by Crippen LogP contribution is -2.48. The number of pyridine rings is 1. The lowest BCUT2D eigenvalue weighted by Gasteiger charge is -2.36. The first-order valence-corrected chi connectivity index (χ1v) is 6.47. The number of aromatic nitrogens is 1. The van der Waals surface area contributed by atoms with Gasteiger partial charge in [0.25, 0.3) is 0 Å². The number of carbonyl (C=O) groups is 2. The van der Waals surface area contributed by atoms with Crippen LogP contribution in [0, 0.1) is 6.92 Å². The molecule has 1 aromatic rings. The average molecular weight is 278 g/mol. The first kappa shape index (κ1) is 16.1. The quantitative estimate of drug-likeness (QED) is 0.798. The van der Waals surface area contributed by atoms with Crippen molar-refractivity contribution in [3.8, 4) is 0 Å². The Hall–Kier alpha value is -1.91. The molecule has 0 radical (unpaired) electrons. The number of ether oxygens (including phenoxy) is 1. The van der Waals surface area contributed by atoms with Crippen LogP contribution in [0.5, 0.6) is 0 Å². The Morgan fingerprint density at radius 3 is 2.40 bits per heavy atom. The Balaban J connectivity index is 3.14. The molecule has 110 valence electrons. The van der Waals surface area contributed by atoms with Crippen molar-refractivity contribution in [2.24, 2.45) is 0 Å². The van der Waals surface area contributed by atoms with E-state index in [2.05, 4.69) is 4.98 Å². The van der Waals surface area contributed by atoms with Crippen LogP contribution in [0.25, 0.3) is 0 Å². The van der Waals surface area contributed by atoms with E-state index in [1.54, 1.807) is 60.0 Å².